The van der Waals surface area contributed by atoms with Crippen LogP contribution in [-0.4, -0.2) is 63.6 Å². The molecule has 1 aromatic rings. The van der Waals surface area contributed by atoms with E-state index in [1.807, 2.05) is 18.2 Å². The molecule has 1 rings (SSSR count). The van der Waals surface area contributed by atoms with Crippen molar-refractivity contribution in [3.8, 4) is 0 Å². The van der Waals surface area contributed by atoms with E-state index >= 15 is 0 Å². The van der Waals surface area contributed by atoms with E-state index in [1.54, 1.807) is 32.9 Å². The predicted molar refractivity (Wildman–Crippen MR) is 103 cm³/mol. The highest BCUT2D eigenvalue weighted by Crippen LogP contribution is 2.09. The Morgan fingerprint density at radius 3 is 2.32 bits per heavy atom. The number of nitrogens with one attached hydrogen (secondary N) is 1. The molecule has 0 saturated heterocycles. The van der Waals surface area contributed by atoms with Gasteiger partial charge in [-0.15, -0.1) is 0 Å². The van der Waals surface area contributed by atoms with Crippen LogP contribution in [0.1, 0.15) is 26.3 Å². The molecular formula is C18H28N2O7S. The van der Waals surface area contributed by atoms with Gasteiger partial charge in [0.05, 0.1) is 18.9 Å². The van der Waals surface area contributed by atoms with Crippen molar-refractivity contribution in [2.24, 2.45) is 0 Å². The summed E-state index contributed by atoms with van der Waals surface area (Å²) >= 11 is 0. The van der Waals surface area contributed by atoms with Gasteiger partial charge in [0.25, 0.3) is 10.1 Å². The number of rotatable bonds is 8. The second-order valence-corrected chi connectivity index (χ2v) is 8.90. The number of carbonyl (C=O) groups excluding carboxylic acids is 2. The molecular weight excluding hydrogens is 388 g/mol. The van der Waals surface area contributed by atoms with Crippen LogP contribution in [0.4, 0.5) is 9.59 Å². The highest BCUT2D eigenvalue weighted by Gasteiger charge is 2.24. The van der Waals surface area contributed by atoms with Gasteiger partial charge in [-0.3, -0.25) is 4.18 Å². The second kappa shape index (κ2) is 10.3. The normalized spacial score (nSPS) is 12.8. The van der Waals surface area contributed by atoms with Crippen LogP contribution in [0.25, 0.3) is 0 Å². The van der Waals surface area contributed by atoms with Crippen LogP contribution >= 0.6 is 0 Å². The largest absolute Gasteiger partial charge is 0.445 e. The fraction of sp³-hybridized carbons (Fsp3) is 0.556. The SMILES string of the molecule is CN(C[C@H](COS(C)(=O)=O)NC(=O)OCc1ccccc1)C(=O)OC(C)(C)C. The van der Waals surface area contributed by atoms with Gasteiger partial charge in [0.1, 0.15) is 12.2 Å². The lowest BCUT2D eigenvalue weighted by molar-refractivity contribution is 0.0271. The molecule has 158 valence electrons. The Hall–Kier alpha value is -2.33. The summed E-state index contributed by atoms with van der Waals surface area (Å²) in [5, 5.41) is 2.51. The third-order valence-corrected chi connectivity index (χ3v) is 3.78. The first-order chi connectivity index (χ1) is 12.9. The van der Waals surface area contributed by atoms with E-state index in [0.29, 0.717) is 0 Å². The van der Waals surface area contributed by atoms with Gasteiger partial charge in [-0.2, -0.15) is 8.42 Å². The lowest BCUT2D eigenvalue weighted by Crippen LogP contribution is -2.48. The average Bonchev–Trinajstić information content (AvgIpc) is 2.56. The molecule has 1 N–H and O–H groups in total. The topological polar surface area (TPSA) is 111 Å². The van der Waals surface area contributed by atoms with Crippen molar-refractivity contribution >= 4 is 22.3 Å². The zero-order valence-electron chi connectivity index (χ0n) is 16.8. The molecule has 0 spiro atoms. The Bertz CT molecular complexity index is 745. The first kappa shape index (κ1) is 23.7. The van der Waals surface area contributed by atoms with Crippen molar-refractivity contribution < 1.29 is 31.7 Å². The molecule has 0 fully saturated rings. The quantitative estimate of drug-likeness (QED) is 0.646. The van der Waals surface area contributed by atoms with Gasteiger partial charge < -0.3 is 19.7 Å². The van der Waals surface area contributed by atoms with Gasteiger partial charge in [-0.1, -0.05) is 30.3 Å². The van der Waals surface area contributed by atoms with E-state index in [0.717, 1.165) is 11.8 Å². The molecule has 2 amide bonds. The first-order valence-electron chi connectivity index (χ1n) is 8.61. The molecule has 0 aliphatic carbocycles. The summed E-state index contributed by atoms with van der Waals surface area (Å²) in [5.41, 5.74) is 0.110. The molecule has 1 atom stereocenters. The summed E-state index contributed by atoms with van der Waals surface area (Å²) < 4.78 is 37.7. The Morgan fingerprint density at radius 1 is 1.18 bits per heavy atom. The van der Waals surface area contributed by atoms with Crippen molar-refractivity contribution in [1.82, 2.24) is 10.2 Å². The summed E-state index contributed by atoms with van der Waals surface area (Å²) in [6.45, 7) is 4.83. The summed E-state index contributed by atoms with van der Waals surface area (Å²) in [7, 11) is -2.25. The van der Waals surface area contributed by atoms with Gasteiger partial charge in [0.15, 0.2) is 0 Å². The Labute approximate surface area is 166 Å². The van der Waals surface area contributed by atoms with E-state index in [-0.39, 0.29) is 19.8 Å². The zero-order chi connectivity index (χ0) is 21.4. The van der Waals surface area contributed by atoms with Gasteiger partial charge in [0.2, 0.25) is 0 Å². The molecule has 10 heteroatoms. The number of hydrogen-bond acceptors (Lipinski definition) is 7. The number of hydrogen-bond donors (Lipinski definition) is 1. The van der Waals surface area contributed by atoms with Gasteiger partial charge >= 0.3 is 12.2 Å². The minimum atomic E-state index is -3.72. The monoisotopic (exact) mass is 416 g/mol. The fourth-order valence-electron chi connectivity index (χ4n) is 2.02. The number of ether oxygens (including phenoxy) is 2. The zero-order valence-corrected chi connectivity index (χ0v) is 17.6. The minimum absolute atomic E-state index is 0.0368. The fourth-order valence-corrected chi connectivity index (χ4v) is 2.43. The highest BCUT2D eigenvalue weighted by atomic mass is 32.2. The Balaban J connectivity index is 2.67. The molecule has 0 aliphatic rings. The molecule has 0 saturated carbocycles. The maximum Gasteiger partial charge on any atom is 0.410 e. The molecule has 0 aliphatic heterocycles. The third kappa shape index (κ3) is 10.7. The lowest BCUT2D eigenvalue weighted by atomic mass is 10.2. The van der Waals surface area contributed by atoms with Gasteiger partial charge in [-0.25, -0.2) is 9.59 Å². The standard InChI is InChI=1S/C18H28N2O7S/c1-18(2,3)27-17(22)20(4)11-15(13-26-28(5,23)24)19-16(21)25-12-14-9-7-6-8-10-14/h6-10,15H,11-13H2,1-5H3,(H,19,21)/t15-/m1/s1. The Morgan fingerprint density at radius 2 is 1.79 bits per heavy atom. The van der Waals surface area contributed by atoms with Crippen molar-refractivity contribution in [3.05, 3.63) is 35.9 Å². The average molecular weight is 416 g/mol. The van der Waals surface area contributed by atoms with E-state index < -0.39 is 33.9 Å². The second-order valence-electron chi connectivity index (χ2n) is 7.25. The minimum Gasteiger partial charge on any atom is -0.445 e. The van der Waals surface area contributed by atoms with Gasteiger partial charge in [-0.05, 0) is 26.3 Å². The molecule has 9 nitrogen and oxygen atoms in total. The molecule has 0 bridgehead atoms. The van der Waals surface area contributed by atoms with Crippen LogP contribution in [0, 0.1) is 0 Å². The van der Waals surface area contributed by atoms with Crippen molar-refractivity contribution in [1.29, 1.82) is 0 Å². The van der Waals surface area contributed by atoms with Crippen molar-refractivity contribution in [3.63, 3.8) is 0 Å². The molecule has 0 aromatic heterocycles. The van der Waals surface area contributed by atoms with Crippen LogP contribution in [0.15, 0.2) is 30.3 Å². The van der Waals surface area contributed by atoms with E-state index in [1.165, 1.54) is 11.9 Å². The van der Waals surface area contributed by atoms with E-state index in [9.17, 15) is 18.0 Å². The molecule has 28 heavy (non-hydrogen) atoms. The summed E-state index contributed by atoms with van der Waals surface area (Å²) in [4.78, 5) is 25.4. The maximum atomic E-state index is 12.1. The number of amides is 2. The predicted octanol–water partition coefficient (Wildman–Crippen LogP) is 2.12. The summed E-state index contributed by atoms with van der Waals surface area (Å²) in [6.07, 6.45) is -0.477. The van der Waals surface area contributed by atoms with Crippen LogP contribution < -0.4 is 5.32 Å². The van der Waals surface area contributed by atoms with Crippen LogP contribution in [-0.2, 0) is 30.4 Å². The summed E-state index contributed by atoms with van der Waals surface area (Å²) in [5.74, 6) is 0. The number of carbonyl (C=O) groups is 2. The number of likely N-dealkylation sites (N-methyl/N-ethyl adjacent to an activating group) is 1. The van der Waals surface area contributed by atoms with Crippen LogP contribution in [0.5, 0.6) is 0 Å². The lowest BCUT2D eigenvalue weighted by Gasteiger charge is -2.27. The first-order valence-corrected chi connectivity index (χ1v) is 10.4. The number of benzene rings is 1. The number of nitrogens with zero attached hydrogens (tertiary/aromatic N) is 1. The summed E-state index contributed by atoms with van der Waals surface area (Å²) in [6, 6.07) is 8.25. The maximum absolute atomic E-state index is 12.1. The highest BCUT2D eigenvalue weighted by molar-refractivity contribution is 7.85. The molecule has 0 radical (unpaired) electrons. The molecule has 0 unspecified atom stereocenters. The van der Waals surface area contributed by atoms with E-state index in [2.05, 4.69) is 5.32 Å². The van der Waals surface area contributed by atoms with Crippen molar-refractivity contribution in [2.75, 3.05) is 26.5 Å². The number of alkyl carbamates (subject to hydrolysis) is 1. The third-order valence-electron chi connectivity index (χ3n) is 3.22. The van der Waals surface area contributed by atoms with Crippen molar-refractivity contribution in [2.45, 2.75) is 39.0 Å². The van der Waals surface area contributed by atoms with E-state index in [4.69, 9.17) is 13.7 Å². The Kier molecular flexibility index (Phi) is 8.70. The van der Waals surface area contributed by atoms with Crippen LogP contribution in [0.2, 0.25) is 0 Å². The van der Waals surface area contributed by atoms with Gasteiger partial charge in [0, 0.05) is 13.6 Å². The molecule has 1 aromatic carbocycles. The molecule has 0 heterocycles. The van der Waals surface area contributed by atoms with Crippen LogP contribution in [0.3, 0.4) is 0 Å². The smallest absolute Gasteiger partial charge is 0.410 e.